The molecular weight excluding hydrogens is 512 g/mol. The van der Waals surface area contributed by atoms with E-state index in [4.69, 9.17) is 19.9 Å². The van der Waals surface area contributed by atoms with Crippen molar-refractivity contribution >= 4 is 29.4 Å². The van der Waals surface area contributed by atoms with Gasteiger partial charge in [0.05, 0.1) is 39.6 Å². The van der Waals surface area contributed by atoms with Crippen molar-refractivity contribution in [1.29, 1.82) is 0 Å². The summed E-state index contributed by atoms with van der Waals surface area (Å²) in [7, 11) is 0. The van der Waals surface area contributed by atoms with Crippen molar-refractivity contribution in [3.63, 3.8) is 0 Å². The van der Waals surface area contributed by atoms with E-state index in [-0.39, 0.29) is 5.91 Å². The van der Waals surface area contributed by atoms with Crippen LogP contribution in [0.2, 0.25) is 0 Å². The first-order chi connectivity index (χ1) is 19.7. The lowest BCUT2D eigenvalue weighted by molar-refractivity contribution is 0.0511. The second-order valence-corrected chi connectivity index (χ2v) is 9.02. The van der Waals surface area contributed by atoms with Crippen molar-refractivity contribution < 1.29 is 19.0 Å². The summed E-state index contributed by atoms with van der Waals surface area (Å²) >= 11 is 0. The van der Waals surface area contributed by atoms with E-state index in [0.29, 0.717) is 95.8 Å². The first kappa shape index (κ1) is 29.2. The number of carbonyl (C=O) groups is 1. The predicted molar refractivity (Wildman–Crippen MR) is 154 cm³/mol. The molecule has 1 aromatic heterocycles. The summed E-state index contributed by atoms with van der Waals surface area (Å²) in [5, 5.41) is 9.43. The Labute approximate surface area is 234 Å². The van der Waals surface area contributed by atoms with Gasteiger partial charge in [0.15, 0.2) is 0 Å². The highest BCUT2D eigenvalue weighted by Gasteiger charge is 2.17. The highest BCUT2D eigenvalue weighted by molar-refractivity contribution is 5.94. The number of nitrogens with two attached hydrogens (primary N) is 1. The largest absolute Gasteiger partial charge is 0.378 e. The van der Waals surface area contributed by atoms with E-state index >= 15 is 0 Å². The van der Waals surface area contributed by atoms with E-state index in [2.05, 4.69) is 47.9 Å². The van der Waals surface area contributed by atoms with Crippen molar-refractivity contribution in [3.05, 3.63) is 65.7 Å². The van der Waals surface area contributed by atoms with Gasteiger partial charge in [-0.3, -0.25) is 4.79 Å². The van der Waals surface area contributed by atoms with E-state index in [1.54, 1.807) is 12.1 Å². The molecule has 5 N–H and O–H groups in total. The van der Waals surface area contributed by atoms with Crippen LogP contribution in [-0.2, 0) is 20.6 Å². The molecule has 1 amide bonds. The SMILES string of the molecule is NCCOCCOCCNC(=O)c1ccc(Nc2nc(NCCc3ccccc3)nc(N3CCOCC3)n2)cc1. The van der Waals surface area contributed by atoms with Crippen molar-refractivity contribution in [2.75, 3.05) is 87.9 Å². The number of rotatable bonds is 16. The molecule has 1 fully saturated rings. The van der Waals surface area contributed by atoms with Gasteiger partial charge in [-0.15, -0.1) is 0 Å². The summed E-state index contributed by atoms with van der Waals surface area (Å²) in [6, 6.07) is 17.4. The Morgan fingerprint density at radius 3 is 2.35 bits per heavy atom. The molecule has 0 aliphatic carbocycles. The third-order valence-electron chi connectivity index (χ3n) is 6.03. The first-order valence-electron chi connectivity index (χ1n) is 13.6. The van der Waals surface area contributed by atoms with Gasteiger partial charge in [-0.1, -0.05) is 30.3 Å². The van der Waals surface area contributed by atoms with Crippen molar-refractivity contribution in [3.8, 4) is 0 Å². The second-order valence-electron chi connectivity index (χ2n) is 9.02. The summed E-state index contributed by atoms with van der Waals surface area (Å²) in [5.41, 5.74) is 7.90. The number of nitrogens with one attached hydrogen (secondary N) is 3. The highest BCUT2D eigenvalue weighted by atomic mass is 16.5. The van der Waals surface area contributed by atoms with E-state index in [1.165, 1.54) is 5.56 Å². The van der Waals surface area contributed by atoms with Crippen molar-refractivity contribution in [1.82, 2.24) is 20.3 Å². The minimum Gasteiger partial charge on any atom is -0.378 e. The minimum atomic E-state index is -0.172. The van der Waals surface area contributed by atoms with Crippen LogP contribution >= 0.6 is 0 Å². The van der Waals surface area contributed by atoms with Crippen LogP contribution in [0.3, 0.4) is 0 Å². The lowest BCUT2D eigenvalue weighted by Gasteiger charge is -2.27. The Kier molecular flexibility index (Phi) is 11.9. The van der Waals surface area contributed by atoms with Crippen molar-refractivity contribution in [2.24, 2.45) is 5.73 Å². The molecule has 0 radical (unpaired) electrons. The fourth-order valence-corrected chi connectivity index (χ4v) is 3.95. The van der Waals surface area contributed by atoms with Gasteiger partial charge in [-0.25, -0.2) is 0 Å². The van der Waals surface area contributed by atoms with Gasteiger partial charge in [0.1, 0.15) is 0 Å². The van der Waals surface area contributed by atoms with E-state index in [0.717, 1.165) is 12.1 Å². The topological polar surface area (TPSA) is 149 Å². The van der Waals surface area contributed by atoms with Gasteiger partial charge in [-0.2, -0.15) is 15.0 Å². The summed E-state index contributed by atoms with van der Waals surface area (Å²) in [5.74, 6) is 1.34. The van der Waals surface area contributed by atoms with Gasteiger partial charge in [0, 0.05) is 44.0 Å². The Morgan fingerprint density at radius 2 is 1.60 bits per heavy atom. The third kappa shape index (κ3) is 9.72. The molecular formula is C28H38N8O4. The maximum absolute atomic E-state index is 12.5. The van der Waals surface area contributed by atoms with Crippen LogP contribution in [0.1, 0.15) is 15.9 Å². The van der Waals surface area contributed by atoms with E-state index in [9.17, 15) is 4.79 Å². The zero-order chi connectivity index (χ0) is 27.8. The Hall–Kier alpha value is -3.84. The molecule has 1 saturated heterocycles. The lowest BCUT2D eigenvalue weighted by Crippen LogP contribution is -2.37. The smallest absolute Gasteiger partial charge is 0.251 e. The number of hydrogen-bond acceptors (Lipinski definition) is 11. The zero-order valence-electron chi connectivity index (χ0n) is 22.7. The maximum atomic E-state index is 12.5. The lowest BCUT2D eigenvalue weighted by atomic mass is 10.1. The summed E-state index contributed by atoms with van der Waals surface area (Å²) in [4.78, 5) is 28.4. The number of nitrogens with zero attached hydrogens (tertiary/aromatic N) is 4. The van der Waals surface area contributed by atoms with Crippen LogP contribution in [0.25, 0.3) is 0 Å². The second kappa shape index (κ2) is 16.3. The third-order valence-corrected chi connectivity index (χ3v) is 6.03. The molecule has 0 spiro atoms. The van der Waals surface area contributed by atoms with E-state index < -0.39 is 0 Å². The molecule has 4 rings (SSSR count). The molecule has 1 aliphatic heterocycles. The molecule has 214 valence electrons. The fourth-order valence-electron chi connectivity index (χ4n) is 3.95. The molecule has 0 saturated carbocycles. The van der Waals surface area contributed by atoms with Gasteiger partial charge in [0.25, 0.3) is 5.91 Å². The zero-order valence-corrected chi connectivity index (χ0v) is 22.7. The fraction of sp³-hybridized carbons (Fsp3) is 0.429. The number of benzene rings is 2. The van der Waals surface area contributed by atoms with Crippen molar-refractivity contribution in [2.45, 2.75) is 6.42 Å². The first-order valence-corrected chi connectivity index (χ1v) is 13.6. The molecule has 0 bridgehead atoms. The van der Waals surface area contributed by atoms with Crippen LogP contribution in [0.5, 0.6) is 0 Å². The van der Waals surface area contributed by atoms with Crippen LogP contribution in [0.15, 0.2) is 54.6 Å². The average Bonchev–Trinajstić information content (AvgIpc) is 3.00. The number of aromatic nitrogens is 3. The summed E-state index contributed by atoms with van der Waals surface area (Å²) in [6.45, 7) is 6.14. The van der Waals surface area contributed by atoms with Gasteiger partial charge in [-0.05, 0) is 36.2 Å². The molecule has 40 heavy (non-hydrogen) atoms. The Morgan fingerprint density at radius 1 is 0.875 bits per heavy atom. The number of ether oxygens (including phenoxy) is 3. The molecule has 12 nitrogen and oxygen atoms in total. The van der Waals surface area contributed by atoms with Gasteiger partial charge < -0.3 is 40.8 Å². The molecule has 12 heteroatoms. The summed E-state index contributed by atoms with van der Waals surface area (Å²) < 4.78 is 16.2. The van der Waals surface area contributed by atoms with Crippen LogP contribution in [0, 0.1) is 0 Å². The quantitative estimate of drug-likeness (QED) is 0.194. The molecule has 2 aromatic carbocycles. The molecule has 2 heterocycles. The normalized spacial score (nSPS) is 13.2. The van der Waals surface area contributed by atoms with Gasteiger partial charge >= 0.3 is 0 Å². The van der Waals surface area contributed by atoms with Gasteiger partial charge in [0.2, 0.25) is 17.8 Å². The molecule has 3 aromatic rings. The van der Waals surface area contributed by atoms with E-state index in [1.807, 2.05) is 30.3 Å². The Bertz CT molecular complexity index is 1160. The minimum absolute atomic E-state index is 0.172. The molecule has 0 unspecified atom stereocenters. The summed E-state index contributed by atoms with van der Waals surface area (Å²) in [6.07, 6.45) is 0.848. The number of carbonyl (C=O) groups excluding carboxylic acids is 1. The molecule has 1 aliphatic rings. The monoisotopic (exact) mass is 550 g/mol. The number of anilines is 4. The number of hydrogen-bond donors (Lipinski definition) is 4. The predicted octanol–water partition coefficient (Wildman–Crippen LogP) is 1.83. The average molecular weight is 551 g/mol. The molecule has 0 atom stereocenters. The van der Waals surface area contributed by atoms with Crippen LogP contribution in [-0.4, -0.2) is 93.2 Å². The number of amides is 1. The Balaban J connectivity index is 1.32. The van der Waals surface area contributed by atoms with Crippen LogP contribution in [0.4, 0.5) is 23.5 Å². The standard InChI is InChI=1S/C28H38N8O4/c29-11-16-38-20-21-39-17-13-30-25(37)23-6-8-24(9-7-23)32-27-33-26(31-12-10-22-4-2-1-3-5-22)34-28(35-27)36-14-18-40-19-15-36/h1-9H,10-21,29H2,(H,30,37)(H2,31,32,33,34,35). The maximum Gasteiger partial charge on any atom is 0.251 e. The number of morpholine rings is 1. The van der Waals surface area contributed by atoms with Crippen LogP contribution < -0.4 is 26.6 Å². The highest BCUT2D eigenvalue weighted by Crippen LogP contribution is 2.19.